The molecule has 0 aromatic rings. The Balaban J connectivity index is 4.08. The summed E-state index contributed by atoms with van der Waals surface area (Å²) >= 11 is 0. The Bertz CT molecular complexity index is 141. The SMILES string of the molecule is CC(C)CCN(CCC(C)C)C(C)(C)C. The van der Waals surface area contributed by atoms with Crippen LogP contribution in [0.3, 0.4) is 0 Å². The highest BCUT2D eigenvalue weighted by Crippen LogP contribution is 2.17. The van der Waals surface area contributed by atoms with E-state index >= 15 is 0 Å². The van der Waals surface area contributed by atoms with Gasteiger partial charge in [-0.05, 0) is 58.5 Å². The molecule has 0 fully saturated rings. The standard InChI is InChI=1S/C14H31N/c1-12(2)8-10-15(14(5,6)7)11-9-13(3)4/h12-13H,8-11H2,1-7H3. The van der Waals surface area contributed by atoms with E-state index < -0.39 is 0 Å². The molecule has 0 atom stereocenters. The molecule has 0 spiro atoms. The molecule has 0 amide bonds. The normalized spacial score (nSPS) is 13.2. The number of hydrogen-bond donors (Lipinski definition) is 0. The van der Waals surface area contributed by atoms with Gasteiger partial charge in [-0.15, -0.1) is 0 Å². The van der Waals surface area contributed by atoms with E-state index in [1.807, 2.05) is 0 Å². The highest BCUT2D eigenvalue weighted by Gasteiger charge is 2.20. The van der Waals surface area contributed by atoms with Gasteiger partial charge in [-0.3, -0.25) is 4.90 Å². The zero-order valence-electron chi connectivity index (χ0n) is 11.9. The predicted octanol–water partition coefficient (Wildman–Crippen LogP) is 4.18. The molecule has 0 unspecified atom stereocenters. The van der Waals surface area contributed by atoms with Gasteiger partial charge in [0.25, 0.3) is 0 Å². The molecule has 0 N–H and O–H groups in total. The van der Waals surface area contributed by atoms with Gasteiger partial charge in [-0.2, -0.15) is 0 Å². The smallest absolute Gasteiger partial charge is 0.0125 e. The molecule has 0 aromatic carbocycles. The van der Waals surface area contributed by atoms with Gasteiger partial charge < -0.3 is 0 Å². The van der Waals surface area contributed by atoms with Crippen molar-refractivity contribution in [1.29, 1.82) is 0 Å². The van der Waals surface area contributed by atoms with Crippen LogP contribution in [0.4, 0.5) is 0 Å². The minimum absolute atomic E-state index is 0.323. The molecule has 0 saturated heterocycles. The van der Waals surface area contributed by atoms with Crippen molar-refractivity contribution in [2.75, 3.05) is 13.1 Å². The molecule has 92 valence electrons. The van der Waals surface area contributed by atoms with E-state index in [2.05, 4.69) is 53.4 Å². The maximum atomic E-state index is 2.63. The highest BCUT2D eigenvalue weighted by molar-refractivity contribution is 4.76. The third kappa shape index (κ3) is 7.84. The molecule has 0 heterocycles. The van der Waals surface area contributed by atoms with E-state index in [9.17, 15) is 0 Å². The first-order chi connectivity index (χ1) is 6.73. The maximum absolute atomic E-state index is 2.63. The van der Waals surface area contributed by atoms with E-state index in [0.29, 0.717) is 5.54 Å². The van der Waals surface area contributed by atoms with Crippen LogP contribution in [-0.4, -0.2) is 23.5 Å². The minimum Gasteiger partial charge on any atom is -0.298 e. The second kappa shape index (κ2) is 6.52. The van der Waals surface area contributed by atoms with E-state index in [1.165, 1.54) is 25.9 Å². The van der Waals surface area contributed by atoms with E-state index in [4.69, 9.17) is 0 Å². The lowest BCUT2D eigenvalue weighted by molar-refractivity contribution is 0.122. The molecule has 0 aliphatic carbocycles. The van der Waals surface area contributed by atoms with Gasteiger partial charge >= 0.3 is 0 Å². The third-order valence-corrected chi connectivity index (χ3v) is 2.90. The van der Waals surface area contributed by atoms with Gasteiger partial charge in [-0.1, -0.05) is 27.7 Å². The van der Waals surface area contributed by atoms with E-state index in [1.54, 1.807) is 0 Å². The molecular formula is C14H31N. The molecular weight excluding hydrogens is 182 g/mol. The average Bonchev–Trinajstić information content (AvgIpc) is 2.00. The van der Waals surface area contributed by atoms with Gasteiger partial charge in [-0.25, -0.2) is 0 Å². The maximum Gasteiger partial charge on any atom is 0.0125 e. The first-order valence-corrected chi connectivity index (χ1v) is 6.48. The van der Waals surface area contributed by atoms with Crippen molar-refractivity contribution in [2.45, 2.75) is 66.8 Å². The first-order valence-electron chi connectivity index (χ1n) is 6.48. The van der Waals surface area contributed by atoms with Crippen LogP contribution in [-0.2, 0) is 0 Å². The number of hydrogen-bond acceptors (Lipinski definition) is 1. The summed E-state index contributed by atoms with van der Waals surface area (Å²) in [4.78, 5) is 2.63. The Labute approximate surface area is 97.2 Å². The van der Waals surface area contributed by atoms with Crippen molar-refractivity contribution in [3.05, 3.63) is 0 Å². The van der Waals surface area contributed by atoms with Gasteiger partial charge in [0, 0.05) is 5.54 Å². The summed E-state index contributed by atoms with van der Waals surface area (Å²) in [7, 11) is 0. The highest BCUT2D eigenvalue weighted by atomic mass is 15.2. The summed E-state index contributed by atoms with van der Waals surface area (Å²) in [6.07, 6.45) is 2.63. The van der Waals surface area contributed by atoms with Gasteiger partial charge in [0.2, 0.25) is 0 Å². The second-order valence-electron chi connectivity index (χ2n) is 6.52. The third-order valence-electron chi connectivity index (χ3n) is 2.90. The molecule has 1 nitrogen and oxygen atoms in total. The predicted molar refractivity (Wildman–Crippen MR) is 70.2 cm³/mol. The summed E-state index contributed by atoms with van der Waals surface area (Å²) in [6, 6.07) is 0. The van der Waals surface area contributed by atoms with Crippen LogP contribution in [0.1, 0.15) is 61.3 Å². The molecule has 0 aliphatic rings. The van der Waals surface area contributed by atoms with Crippen molar-refractivity contribution in [2.24, 2.45) is 11.8 Å². The zero-order chi connectivity index (χ0) is 12.1. The monoisotopic (exact) mass is 213 g/mol. The van der Waals surface area contributed by atoms with Crippen molar-refractivity contribution in [1.82, 2.24) is 4.90 Å². The van der Waals surface area contributed by atoms with Gasteiger partial charge in [0.05, 0.1) is 0 Å². The van der Waals surface area contributed by atoms with Gasteiger partial charge in [0.15, 0.2) is 0 Å². The second-order valence-corrected chi connectivity index (χ2v) is 6.52. The molecule has 15 heavy (non-hydrogen) atoms. The summed E-state index contributed by atoms with van der Waals surface area (Å²) in [5, 5.41) is 0. The fourth-order valence-corrected chi connectivity index (χ4v) is 1.61. The molecule has 0 radical (unpaired) electrons. The van der Waals surface area contributed by atoms with Crippen molar-refractivity contribution in [3.8, 4) is 0 Å². The molecule has 0 rings (SSSR count). The van der Waals surface area contributed by atoms with E-state index in [0.717, 1.165) is 11.8 Å². The van der Waals surface area contributed by atoms with Crippen LogP contribution in [0.5, 0.6) is 0 Å². The molecule has 1 heteroatoms. The Hall–Kier alpha value is -0.0400. The largest absolute Gasteiger partial charge is 0.298 e. The fraction of sp³-hybridized carbons (Fsp3) is 1.00. The topological polar surface area (TPSA) is 3.24 Å². The molecule has 0 aliphatic heterocycles. The number of nitrogens with zero attached hydrogens (tertiary/aromatic N) is 1. The fourth-order valence-electron chi connectivity index (χ4n) is 1.61. The lowest BCUT2D eigenvalue weighted by atomic mass is 10.0. The Morgan fingerprint density at radius 2 is 1.13 bits per heavy atom. The average molecular weight is 213 g/mol. The quantitative estimate of drug-likeness (QED) is 0.640. The molecule has 0 aromatic heterocycles. The van der Waals surface area contributed by atoms with Crippen LogP contribution in [0.15, 0.2) is 0 Å². The van der Waals surface area contributed by atoms with Crippen LogP contribution >= 0.6 is 0 Å². The van der Waals surface area contributed by atoms with E-state index in [-0.39, 0.29) is 0 Å². The van der Waals surface area contributed by atoms with Crippen LogP contribution < -0.4 is 0 Å². The summed E-state index contributed by atoms with van der Waals surface area (Å²) < 4.78 is 0. The first kappa shape index (κ1) is 15.0. The minimum atomic E-state index is 0.323. The van der Waals surface area contributed by atoms with Crippen LogP contribution in [0.25, 0.3) is 0 Å². The van der Waals surface area contributed by atoms with Gasteiger partial charge in [0.1, 0.15) is 0 Å². The Morgan fingerprint density at radius 3 is 1.33 bits per heavy atom. The zero-order valence-corrected chi connectivity index (χ0v) is 11.9. The molecule has 0 saturated carbocycles. The van der Waals surface area contributed by atoms with Crippen molar-refractivity contribution in [3.63, 3.8) is 0 Å². The lowest BCUT2D eigenvalue weighted by Crippen LogP contribution is -2.43. The van der Waals surface area contributed by atoms with Crippen LogP contribution in [0, 0.1) is 11.8 Å². The van der Waals surface area contributed by atoms with Crippen molar-refractivity contribution < 1.29 is 0 Å². The number of rotatable bonds is 6. The molecule has 0 bridgehead atoms. The summed E-state index contributed by atoms with van der Waals surface area (Å²) in [5.41, 5.74) is 0.323. The summed E-state index contributed by atoms with van der Waals surface area (Å²) in [6.45, 7) is 18.7. The summed E-state index contributed by atoms with van der Waals surface area (Å²) in [5.74, 6) is 1.63. The Morgan fingerprint density at radius 1 is 0.800 bits per heavy atom. The van der Waals surface area contributed by atoms with Crippen LogP contribution in [0.2, 0.25) is 0 Å². The lowest BCUT2D eigenvalue weighted by Gasteiger charge is -2.36. The van der Waals surface area contributed by atoms with Crippen molar-refractivity contribution >= 4 is 0 Å². The Kier molecular flexibility index (Phi) is 6.51.